The van der Waals surface area contributed by atoms with Crippen molar-refractivity contribution >= 4 is 12.2 Å². The van der Waals surface area contributed by atoms with E-state index in [2.05, 4.69) is 36.4 Å². The zero-order valence-corrected chi connectivity index (χ0v) is 13.2. The smallest absolute Gasteiger partial charge is 0.0618 e. The summed E-state index contributed by atoms with van der Waals surface area (Å²) < 4.78 is 0. The maximum atomic E-state index is 7.62. The molecular weight excluding hydrogens is 268 g/mol. The summed E-state index contributed by atoms with van der Waals surface area (Å²) in [7, 11) is 0. The van der Waals surface area contributed by atoms with Crippen LogP contribution in [0, 0.1) is 22.7 Å². The Morgan fingerprint density at radius 2 is 0.955 bits per heavy atom. The molecule has 0 heterocycles. The van der Waals surface area contributed by atoms with Crippen LogP contribution in [0.25, 0.3) is 12.2 Å². The van der Waals surface area contributed by atoms with Crippen molar-refractivity contribution in [2.24, 2.45) is 0 Å². The van der Waals surface area contributed by atoms with Gasteiger partial charge in [0.05, 0.1) is 12.1 Å². The maximum absolute atomic E-state index is 7.62. The van der Waals surface area contributed by atoms with E-state index in [-0.39, 0.29) is 0 Å². The molecule has 0 saturated heterocycles. The molecule has 0 fully saturated rings. The molecule has 2 nitrogen and oxygen atoms in total. The van der Waals surface area contributed by atoms with Gasteiger partial charge in [0.25, 0.3) is 0 Å². The number of hydrogen-bond acceptors (Lipinski definition) is 2. The van der Waals surface area contributed by atoms with Gasteiger partial charge in [0, 0.05) is 12.8 Å². The second-order valence-electron chi connectivity index (χ2n) is 4.18. The lowest BCUT2D eigenvalue weighted by atomic mass is 10.1. The molecule has 0 bridgehead atoms. The highest BCUT2D eigenvalue weighted by molar-refractivity contribution is 5.69. The van der Waals surface area contributed by atoms with Gasteiger partial charge in [0.15, 0.2) is 0 Å². The van der Waals surface area contributed by atoms with Gasteiger partial charge in [-0.2, -0.15) is 10.5 Å². The highest BCUT2D eigenvalue weighted by Crippen LogP contribution is 2.06. The van der Waals surface area contributed by atoms with Gasteiger partial charge in [-0.05, 0) is 11.1 Å². The molecule has 0 aliphatic carbocycles. The fourth-order valence-corrected chi connectivity index (χ4v) is 1.32. The lowest BCUT2D eigenvalue weighted by Crippen LogP contribution is -1.70. The van der Waals surface area contributed by atoms with E-state index >= 15 is 0 Å². The van der Waals surface area contributed by atoms with Crippen molar-refractivity contribution in [1.29, 1.82) is 10.5 Å². The van der Waals surface area contributed by atoms with Crippen LogP contribution < -0.4 is 0 Å². The van der Waals surface area contributed by atoms with Crippen LogP contribution in [0.4, 0.5) is 0 Å². The number of nitriles is 2. The van der Waals surface area contributed by atoms with Crippen molar-refractivity contribution in [2.75, 3.05) is 0 Å². The summed E-state index contributed by atoms with van der Waals surface area (Å²) in [6, 6.07) is 24.5. The van der Waals surface area contributed by atoms with Crippen LogP contribution in [0.15, 0.2) is 60.7 Å². The summed E-state index contributed by atoms with van der Waals surface area (Å²) in [4.78, 5) is 0. The van der Waals surface area contributed by atoms with Crippen LogP contribution in [0.3, 0.4) is 0 Å². The molecule has 0 aliphatic heterocycles. The highest BCUT2D eigenvalue weighted by Gasteiger charge is 1.84. The highest BCUT2D eigenvalue weighted by atomic mass is 14.2. The average Bonchev–Trinajstić information content (AvgIpc) is 2.62. The maximum Gasteiger partial charge on any atom is 0.0618 e. The van der Waals surface area contributed by atoms with E-state index in [4.69, 9.17) is 10.5 Å². The van der Waals surface area contributed by atoms with Gasteiger partial charge in [-0.1, -0.05) is 86.7 Å². The molecule has 2 rings (SSSR count). The van der Waals surface area contributed by atoms with Crippen molar-refractivity contribution in [3.8, 4) is 12.1 Å². The molecule has 0 amide bonds. The molecule has 0 saturated carbocycles. The lowest BCUT2D eigenvalue weighted by Gasteiger charge is -1.92. The van der Waals surface area contributed by atoms with Crippen molar-refractivity contribution in [3.05, 3.63) is 71.8 Å². The minimum atomic E-state index is 0.625. The standard InChI is InChI=1S/C14H12.2C3H5N/c1-3-7-13(8-4-1)11-12-14-9-5-2-6-10-14;2*1-2-3-4/h1-12H;2*2H2,1H3/b12-11+;;. The first kappa shape index (κ1) is 19.2. The summed E-state index contributed by atoms with van der Waals surface area (Å²) in [5.74, 6) is 0. The summed E-state index contributed by atoms with van der Waals surface area (Å²) in [5, 5.41) is 15.2. The summed E-state index contributed by atoms with van der Waals surface area (Å²) in [5.41, 5.74) is 2.47. The van der Waals surface area contributed by atoms with Crippen LogP contribution in [0.5, 0.6) is 0 Å². The van der Waals surface area contributed by atoms with Crippen LogP contribution in [-0.2, 0) is 0 Å². The predicted molar refractivity (Wildman–Crippen MR) is 93.6 cm³/mol. The Bertz CT molecular complexity index is 532. The molecule has 0 N–H and O–H groups in total. The molecule has 0 aliphatic rings. The van der Waals surface area contributed by atoms with E-state index in [9.17, 15) is 0 Å². The molecule has 0 spiro atoms. The molecule has 0 radical (unpaired) electrons. The number of benzene rings is 2. The number of hydrogen-bond donors (Lipinski definition) is 0. The monoisotopic (exact) mass is 290 g/mol. The molecule has 0 aromatic heterocycles. The Morgan fingerprint density at radius 1 is 0.682 bits per heavy atom. The molecule has 2 aromatic carbocycles. The molecular formula is C20H22N2. The molecule has 112 valence electrons. The largest absolute Gasteiger partial charge is 0.198 e. The Labute approximate surface area is 134 Å². The van der Waals surface area contributed by atoms with Gasteiger partial charge in [-0.3, -0.25) is 0 Å². The topological polar surface area (TPSA) is 47.6 Å². The first-order valence-electron chi connectivity index (χ1n) is 7.30. The van der Waals surface area contributed by atoms with Crippen LogP contribution >= 0.6 is 0 Å². The summed E-state index contributed by atoms with van der Waals surface area (Å²) in [6.45, 7) is 3.64. The summed E-state index contributed by atoms with van der Waals surface area (Å²) >= 11 is 0. The third-order valence-corrected chi connectivity index (χ3v) is 2.38. The second-order valence-corrected chi connectivity index (χ2v) is 4.18. The fraction of sp³-hybridized carbons (Fsp3) is 0.200. The van der Waals surface area contributed by atoms with Crippen molar-refractivity contribution in [3.63, 3.8) is 0 Å². The molecule has 22 heavy (non-hydrogen) atoms. The van der Waals surface area contributed by atoms with Gasteiger partial charge >= 0.3 is 0 Å². The molecule has 0 unspecified atom stereocenters. The Kier molecular flexibility index (Phi) is 12.7. The predicted octanol–water partition coefficient (Wildman–Crippen LogP) is 5.70. The van der Waals surface area contributed by atoms with Gasteiger partial charge in [-0.25, -0.2) is 0 Å². The fourth-order valence-electron chi connectivity index (χ4n) is 1.32. The Morgan fingerprint density at radius 3 is 1.18 bits per heavy atom. The molecule has 2 heteroatoms. The lowest BCUT2D eigenvalue weighted by molar-refractivity contribution is 1.22. The first-order valence-corrected chi connectivity index (χ1v) is 7.30. The minimum absolute atomic E-state index is 0.625. The first-order chi connectivity index (χ1) is 10.8. The third-order valence-electron chi connectivity index (χ3n) is 2.38. The Hall–Kier alpha value is -2.84. The van der Waals surface area contributed by atoms with Crippen molar-refractivity contribution in [2.45, 2.75) is 26.7 Å². The van der Waals surface area contributed by atoms with Gasteiger partial charge in [-0.15, -0.1) is 0 Å². The van der Waals surface area contributed by atoms with E-state index in [1.54, 1.807) is 0 Å². The van der Waals surface area contributed by atoms with Gasteiger partial charge in [0.2, 0.25) is 0 Å². The van der Waals surface area contributed by atoms with Crippen molar-refractivity contribution in [1.82, 2.24) is 0 Å². The zero-order valence-electron chi connectivity index (χ0n) is 13.2. The zero-order chi connectivity index (χ0) is 16.5. The SMILES string of the molecule is C(=C\c1ccccc1)/c1ccccc1.CCC#N.CCC#N. The number of rotatable bonds is 2. The molecule has 2 aromatic rings. The normalized spacial score (nSPS) is 8.55. The Balaban J connectivity index is 0.000000464. The number of nitrogens with zero attached hydrogens (tertiary/aromatic N) is 2. The van der Waals surface area contributed by atoms with E-state index in [0.717, 1.165) is 0 Å². The summed E-state index contributed by atoms with van der Waals surface area (Å²) in [6.07, 6.45) is 5.49. The van der Waals surface area contributed by atoms with Crippen LogP contribution in [0.2, 0.25) is 0 Å². The van der Waals surface area contributed by atoms with E-state index in [0.29, 0.717) is 12.8 Å². The van der Waals surface area contributed by atoms with E-state index < -0.39 is 0 Å². The van der Waals surface area contributed by atoms with Crippen molar-refractivity contribution < 1.29 is 0 Å². The van der Waals surface area contributed by atoms with E-state index in [1.165, 1.54) is 11.1 Å². The van der Waals surface area contributed by atoms with Crippen LogP contribution in [-0.4, -0.2) is 0 Å². The quantitative estimate of drug-likeness (QED) is 0.666. The van der Waals surface area contributed by atoms with Crippen LogP contribution in [0.1, 0.15) is 37.8 Å². The van der Waals surface area contributed by atoms with E-state index in [1.807, 2.05) is 62.4 Å². The van der Waals surface area contributed by atoms with Gasteiger partial charge < -0.3 is 0 Å². The second kappa shape index (κ2) is 14.6. The molecule has 0 atom stereocenters. The third kappa shape index (κ3) is 11.0. The minimum Gasteiger partial charge on any atom is -0.198 e. The van der Waals surface area contributed by atoms with Gasteiger partial charge in [0.1, 0.15) is 0 Å². The average molecular weight is 290 g/mol.